The Bertz CT molecular complexity index is 287. The molecular formula is C8H10LiNO2S. The van der Waals surface area contributed by atoms with Crippen molar-refractivity contribution in [3.63, 3.8) is 0 Å². The average molecular weight is 191 g/mol. The summed E-state index contributed by atoms with van der Waals surface area (Å²) < 4.78 is 20.9. The van der Waals surface area contributed by atoms with E-state index in [0.717, 1.165) is 5.69 Å². The molecule has 5 heteroatoms. The molecule has 0 amide bonds. The summed E-state index contributed by atoms with van der Waals surface area (Å²) in [6, 6.07) is 6.70. The number of nitrogens with zero attached hydrogens (tertiary/aromatic N) is 1. The molecule has 0 aliphatic heterocycles. The number of hydrogen-bond donors (Lipinski definition) is 0. The second-order valence-corrected chi connectivity index (χ2v) is 3.56. The fourth-order valence-electron chi connectivity index (χ4n) is 0.855. The smallest absolute Gasteiger partial charge is 0.768 e. The third-order valence-electron chi connectivity index (χ3n) is 1.55. The SMILES string of the molecule is CN(C)c1ccc(S(=O)[O-])cc1.[Li+]. The molecule has 0 aliphatic carbocycles. The maximum atomic E-state index is 10.5. The van der Waals surface area contributed by atoms with Crippen LogP contribution in [-0.4, -0.2) is 22.9 Å². The fraction of sp³-hybridized carbons (Fsp3) is 0.250. The topological polar surface area (TPSA) is 43.4 Å². The average Bonchev–Trinajstić information content (AvgIpc) is 2.04. The molecule has 1 aromatic rings. The summed E-state index contributed by atoms with van der Waals surface area (Å²) >= 11 is -2.12. The summed E-state index contributed by atoms with van der Waals surface area (Å²) in [6.07, 6.45) is 0. The molecule has 0 saturated heterocycles. The van der Waals surface area contributed by atoms with Gasteiger partial charge in [0.2, 0.25) is 0 Å². The van der Waals surface area contributed by atoms with Crippen LogP contribution in [0, 0.1) is 0 Å². The summed E-state index contributed by atoms with van der Waals surface area (Å²) in [6.45, 7) is 0. The van der Waals surface area contributed by atoms with E-state index >= 15 is 0 Å². The normalized spacial score (nSPS) is 11.6. The van der Waals surface area contributed by atoms with Crippen molar-refractivity contribution < 1.29 is 27.6 Å². The standard InChI is InChI=1S/C8H11NO2S.Li/c1-9(2)7-3-5-8(6-4-7)12(10)11;/h3-6H,1-2H3,(H,10,11);/q;+1/p-1. The largest absolute Gasteiger partial charge is 1.00 e. The molecule has 3 nitrogen and oxygen atoms in total. The van der Waals surface area contributed by atoms with Crippen LogP contribution in [0.5, 0.6) is 0 Å². The minimum Gasteiger partial charge on any atom is -0.768 e. The third-order valence-corrected chi connectivity index (χ3v) is 2.20. The number of rotatable bonds is 2. The first-order valence-electron chi connectivity index (χ1n) is 3.48. The van der Waals surface area contributed by atoms with E-state index in [4.69, 9.17) is 0 Å². The molecular weight excluding hydrogens is 181 g/mol. The first-order valence-corrected chi connectivity index (χ1v) is 4.55. The zero-order valence-electron chi connectivity index (χ0n) is 7.98. The molecule has 0 spiro atoms. The van der Waals surface area contributed by atoms with E-state index in [1.807, 2.05) is 19.0 Å². The van der Waals surface area contributed by atoms with Crippen LogP contribution in [0.3, 0.4) is 0 Å². The van der Waals surface area contributed by atoms with Crippen molar-refractivity contribution in [2.45, 2.75) is 4.90 Å². The van der Waals surface area contributed by atoms with Crippen molar-refractivity contribution in [2.24, 2.45) is 0 Å². The van der Waals surface area contributed by atoms with Crippen molar-refractivity contribution in [3.8, 4) is 0 Å². The van der Waals surface area contributed by atoms with Crippen LogP contribution in [0.1, 0.15) is 0 Å². The Morgan fingerprint density at radius 1 is 1.23 bits per heavy atom. The Morgan fingerprint density at radius 2 is 1.69 bits per heavy atom. The van der Waals surface area contributed by atoms with E-state index in [2.05, 4.69) is 0 Å². The van der Waals surface area contributed by atoms with Gasteiger partial charge in [-0.15, -0.1) is 0 Å². The van der Waals surface area contributed by atoms with E-state index in [1.165, 1.54) is 0 Å². The predicted molar refractivity (Wildman–Crippen MR) is 48.0 cm³/mol. The first-order chi connectivity index (χ1) is 5.61. The Hall–Kier alpha value is -0.273. The van der Waals surface area contributed by atoms with Crippen LogP contribution in [0.25, 0.3) is 0 Å². The zero-order chi connectivity index (χ0) is 9.14. The molecule has 1 rings (SSSR count). The second-order valence-electron chi connectivity index (χ2n) is 2.62. The van der Waals surface area contributed by atoms with Crippen LogP contribution < -0.4 is 23.8 Å². The van der Waals surface area contributed by atoms with Gasteiger partial charge in [-0.1, -0.05) is 0 Å². The molecule has 0 saturated carbocycles. The second kappa shape index (κ2) is 5.46. The van der Waals surface area contributed by atoms with Gasteiger partial charge in [0, 0.05) is 24.7 Å². The van der Waals surface area contributed by atoms with Crippen LogP contribution >= 0.6 is 0 Å². The van der Waals surface area contributed by atoms with E-state index < -0.39 is 11.1 Å². The van der Waals surface area contributed by atoms with E-state index in [-0.39, 0.29) is 18.9 Å². The number of hydrogen-bond acceptors (Lipinski definition) is 3. The summed E-state index contributed by atoms with van der Waals surface area (Å²) in [7, 11) is 3.81. The summed E-state index contributed by atoms with van der Waals surface area (Å²) in [4.78, 5) is 2.23. The van der Waals surface area contributed by atoms with Gasteiger partial charge >= 0.3 is 18.9 Å². The zero-order valence-corrected chi connectivity index (χ0v) is 8.80. The van der Waals surface area contributed by atoms with Gasteiger partial charge in [-0.25, -0.2) is 0 Å². The molecule has 1 aromatic carbocycles. The Kier molecular flexibility index (Phi) is 5.34. The number of benzene rings is 1. The summed E-state index contributed by atoms with van der Waals surface area (Å²) in [5, 5.41) is 0. The van der Waals surface area contributed by atoms with Crippen molar-refractivity contribution >= 4 is 16.8 Å². The monoisotopic (exact) mass is 191 g/mol. The third kappa shape index (κ3) is 3.53. The molecule has 1 atom stereocenters. The Morgan fingerprint density at radius 3 is 2.00 bits per heavy atom. The van der Waals surface area contributed by atoms with Crippen molar-refractivity contribution in [1.82, 2.24) is 0 Å². The van der Waals surface area contributed by atoms with Gasteiger partial charge in [-0.3, -0.25) is 4.21 Å². The van der Waals surface area contributed by atoms with Gasteiger partial charge in [0.15, 0.2) is 0 Å². The maximum Gasteiger partial charge on any atom is 1.00 e. The molecule has 66 valence electrons. The van der Waals surface area contributed by atoms with Crippen molar-refractivity contribution in [3.05, 3.63) is 24.3 Å². The molecule has 1 unspecified atom stereocenters. The van der Waals surface area contributed by atoms with Crippen LogP contribution in [-0.2, 0) is 11.1 Å². The van der Waals surface area contributed by atoms with E-state index in [1.54, 1.807) is 24.3 Å². The van der Waals surface area contributed by atoms with Gasteiger partial charge in [0.25, 0.3) is 0 Å². The minimum atomic E-state index is -2.12. The minimum absolute atomic E-state index is 0. The predicted octanol–water partition coefficient (Wildman–Crippen LogP) is -2.01. The van der Waals surface area contributed by atoms with Gasteiger partial charge in [-0.05, 0) is 35.3 Å². The Labute approximate surface area is 92.6 Å². The van der Waals surface area contributed by atoms with Crippen molar-refractivity contribution in [1.29, 1.82) is 0 Å². The quantitative estimate of drug-likeness (QED) is 0.401. The van der Waals surface area contributed by atoms with E-state index in [0.29, 0.717) is 4.90 Å². The molecule has 0 aromatic heterocycles. The molecule has 0 heterocycles. The molecule has 0 N–H and O–H groups in total. The maximum absolute atomic E-state index is 10.5. The van der Waals surface area contributed by atoms with Crippen molar-refractivity contribution in [2.75, 3.05) is 19.0 Å². The molecule has 0 aliphatic rings. The molecule has 0 bridgehead atoms. The van der Waals surface area contributed by atoms with Crippen LogP contribution in [0.4, 0.5) is 5.69 Å². The number of anilines is 1. The van der Waals surface area contributed by atoms with Gasteiger partial charge in [0.1, 0.15) is 0 Å². The summed E-state index contributed by atoms with van der Waals surface area (Å²) in [5.41, 5.74) is 0.990. The first kappa shape index (κ1) is 12.7. The Balaban J connectivity index is 0.00000144. The summed E-state index contributed by atoms with van der Waals surface area (Å²) in [5.74, 6) is 0. The van der Waals surface area contributed by atoms with Crippen LogP contribution in [0.15, 0.2) is 29.2 Å². The molecule has 0 fully saturated rings. The molecule has 0 radical (unpaired) electrons. The van der Waals surface area contributed by atoms with Gasteiger partial charge in [-0.2, -0.15) is 0 Å². The van der Waals surface area contributed by atoms with Gasteiger partial charge < -0.3 is 9.45 Å². The molecule has 13 heavy (non-hydrogen) atoms. The van der Waals surface area contributed by atoms with Crippen LogP contribution in [0.2, 0.25) is 0 Å². The fourth-order valence-corrected chi connectivity index (χ4v) is 1.21. The van der Waals surface area contributed by atoms with E-state index in [9.17, 15) is 8.76 Å². The van der Waals surface area contributed by atoms with Gasteiger partial charge in [0.05, 0.1) is 0 Å².